The molecule has 0 spiro atoms. The van der Waals surface area contributed by atoms with Gasteiger partial charge < -0.3 is 10.3 Å². The largest absolute Gasteiger partial charge is 0.342 e. The highest BCUT2D eigenvalue weighted by Gasteiger charge is 2.11. The molecular weight excluding hydrogens is 265 g/mol. The number of benzene rings is 1. The Hall–Kier alpha value is -1.42. The average Bonchev–Trinajstić information content (AvgIpc) is 2.82. The van der Waals surface area contributed by atoms with E-state index in [1.54, 1.807) is 6.07 Å². The molecule has 2 aromatic rings. The van der Waals surface area contributed by atoms with Gasteiger partial charge in [-0.2, -0.15) is 0 Å². The van der Waals surface area contributed by atoms with Gasteiger partial charge in [-0.1, -0.05) is 32.1 Å². The van der Waals surface area contributed by atoms with Gasteiger partial charge in [0.25, 0.3) is 0 Å². The molecular formula is C17H24FN3. The van der Waals surface area contributed by atoms with Crippen LogP contribution >= 0.6 is 0 Å². The van der Waals surface area contributed by atoms with E-state index in [0.29, 0.717) is 6.04 Å². The summed E-state index contributed by atoms with van der Waals surface area (Å²) in [6, 6.07) is 5.35. The first-order valence-corrected chi connectivity index (χ1v) is 8.19. The summed E-state index contributed by atoms with van der Waals surface area (Å²) in [4.78, 5) is 7.71. The number of hydrogen-bond acceptors (Lipinski definition) is 2. The van der Waals surface area contributed by atoms with Crippen LogP contribution < -0.4 is 5.32 Å². The lowest BCUT2D eigenvalue weighted by Crippen LogP contribution is -2.31. The molecule has 0 atom stereocenters. The maximum Gasteiger partial charge on any atom is 0.125 e. The number of aromatic amines is 1. The van der Waals surface area contributed by atoms with Crippen LogP contribution in [0.15, 0.2) is 18.2 Å². The molecule has 3 rings (SSSR count). The first-order chi connectivity index (χ1) is 10.3. The third-order valence-electron chi connectivity index (χ3n) is 4.39. The van der Waals surface area contributed by atoms with Crippen molar-refractivity contribution in [2.75, 3.05) is 6.54 Å². The van der Waals surface area contributed by atoms with Crippen molar-refractivity contribution in [3.8, 4) is 0 Å². The normalized spacial score (nSPS) is 17.8. The molecule has 1 aliphatic rings. The van der Waals surface area contributed by atoms with Crippen LogP contribution in [0.5, 0.6) is 0 Å². The molecule has 0 unspecified atom stereocenters. The Morgan fingerprint density at radius 2 is 1.90 bits per heavy atom. The molecule has 1 saturated carbocycles. The minimum Gasteiger partial charge on any atom is -0.342 e. The quantitative estimate of drug-likeness (QED) is 0.895. The topological polar surface area (TPSA) is 40.7 Å². The van der Waals surface area contributed by atoms with Crippen LogP contribution in [-0.4, -0.2) is 22.6 Å². The summed E-state index contributed by atoms with van der Waals surface area (Å²) in [5.74, 6) is 0.722. The van der Waals surface area contributed by atoms with Crippen molar-refractivity contribution < 1.29 is 4.39 Å². The van der Waals surface area contributed by atoms with Gasteiger partial charge in [-0.3, -0.25) is 0 Å². The number of H-pyrrole nitrogens is 1. The second-order valence-corrected chi connectivity index (χ2v) is 6.09. The van der Waals surface area contributed by atoms with Gasteiger partial charge in [-0.25, -0.2) is 9.37 Å². The second kappa shape index (κ2) is 7.03. The van der Waals surface area contributed by atoms with Crippen molar-refractivity contribution >= 4 is 11.0 Å². The van der Waals surface area contributed by atoms with Crippen molar-refractivity contribution in [1.82, 2.24) is 15.3 Å². The third-order valence-corrected chi connectivity index (χ3v) is 4.39. The summed E-state index contributed by atoms with van der Waals surface area (Å²) in [6.07, 6.45) is 10.3. The van der Waals surface area contributed by atoms with Gasteiger partial charge in [-0.15, -0.1) is 0 Å². The Kier molecular flexibility index (Phi) is 4.86. The summed E-state index contributed by atoms with van der Waals surface area (Å²) in [5, 5.41) is 3.66. The summed E-state index contributed by atoms with van der Waals surface area (Å²) < 4.78 is 13.2. The number of fused-ring (bicyclic) bond motifs is 1. The van der Waals surface area contributed by atoms with Crippen LogP contribution in [0.25, 0.3) is 11.0 Å². The van der Waals surface area contributed by atoms with E-state index in [1.165, 1.54) is 57.1 Å². The lowest BCUT2D eigenvalue weighted by atomic mass is 9.97. The molecule has 1 aromatic carbocycles. The lowest BCUT2D eigenvalue weighted by Gasteiger charge is -2.20. The smallest absolute Gasteiger partial charge is 0.125 e. The van der Waals surface area contributed by atoms with Crippen LogP contribution in [0.4, 0.5) is 4.39 Å². The zero-order chi connectivity index (χ0) is 14.5. The van der Waals surface area contributed by atoms with Crippen LogP contribution in [-0.2, 0) is 6.42 Å². The summed E-state index contributed by atoms with van der Waals surface area (Å²) in [6.45, 7) is 0.937. The van der Waals surface area contributed by atoms with Gasteiger partial charge in [0.2, 0.25) is 0 Å². The standard InChI is InChI=1S/C17H24FN3/c18-13-8-9-15-16(12-13)21-17(20-15)10-11-19-14-6-4-2-1-3-5-7-14/h8-9,12,14,19H,1-7,10-11H2,(H,20,21). The first kappa shape index (κ1) is 14.5. The number of aromatic nitrogens is 2. The van der Waals surface area contributed by atoms with E-state index in [9.17, 15) is 4.39 Å². The summed E-state index contributed by atoms with van der Waals surface area (Å²) in [7, 11) is 0. The molecule has 21 heavy (non-hydrogen) atoms. The van der Waals surface area contributed by atoms with Gasteiger partial charge in [0.15, 0.2) is 0 Å². The van der Waals surface area contributed by atoms with E-state index in [4.69, 9.17) is 0 Å². The molecule has 0 bridgehead atoms. The van der Waals surface area contributed by atoms with E-state index in [0.717, 1.165) is 29.8 Å². The van der Waals surface area contributed by atoms with Gasteiger partial charge in [0.05, 0.1) is 11.0 Å². The highest BCUT2D eigenvalue weighted by atomic mass is 19.1. The van der Waals surface area contributed by atoms with Gasteiger partial charge in [0.1, 0.15) is 11.6 Å². The molecule has 0 radical (unpaired) electrons. The van der Waals surface area contributed by atoms with E-state index < -0.39 is 0 Å². The average molecular weight is 289 g/mol. The zero-order valence-electron chi connectivity index (χ0n) is 12.5. The first-order valence-electron chi connectivity index (χ1n) is 8.19. The maximum absolute atomic E-state index is 13.2. The number of hydrogen-bond donors (Lipinski definition) is 2. The Bertz CT molecular complexity index is 570. The minimum atomic E-state index is -0.217. The molecule has 1 heterocycles. The van der Waals surface area contributed by atoms with E-state index in [-0.39, 0.29) is 5.82 Å². The molecule has 1 aromatic heterocycles. The van der Waals surface area contributed by atoms with E-state index in [2.05, 4.69) is 15.3 Å². The Labute approximate surface area is 125 Å². The molecule has 2 N–H and O–H groups in total. The number of imidazole rings is 1. The molecule has 1 aliphatic carbocycles. The van der Waals surface area contributed by atoms with Gasteiger partial charge >= 0.3 is 0 Å². The van der Waals surface area contributed by atoms with Crippen LogP contribution in [0.2, 0.25) is 0 Å². The Balaban J connectivity index is 1.51. The van der Waals surface area contributed by atoms with Gasteiger partial charge in [-0.05, 0) is 31.0 Å². The van der Waals surface area contributed by atoms with E-state index in [1.807, 2.05) is 0 Å². The zero-order valence-corrected chi connectivity index (χ0v) is 12.5. The fourth-order valence-corrected chi connectivity index (χ4v) is 3.21. The highest BCUT2D eigenvalue weighted by molar-refractivity contribution is 5.74. The Morgan fingerprint density at radius 3 is 2.71 bits per heavy atom. The number of halogens is 1. The van der Waals surface area contributed by atoms with Crippen LogP contribution in [0, 0.1) is 5.82 Å². The van der Waals surface area contributed by atoms with Crippen LogP contribution in [0.1, 0.15) is 50.8 Å². The fourth-order valence-electron chi connectivity index (χ4n) is 3.21. The minimum absolute atomic E-state index is 0.217. The predicted octanol–water partition coefficient (Wildman–Crippen LogP) is 3.95. The monoisotopic (exact) mass is 289 g/mol. The van der Waals surface area contributed by atoms with Crippen molar-refractivity contribution in [2.24, 2.45) is 0 Å². The number of rotatable bonds is 4. The van der Waals surface area contributed by atoms with Crippen LogP contribution in [0.3, 0.4) is 0 Å². The molecule has 0 amide bonds. The molecule has 0 aliphatic heterocycles. The highest BCUT2D eigenvalue weighted by Crippen LogP contribution is 2.17. The van der Waals surface area contributed by atoms with Crippen molar-refractivity contribution in [3.05, 3.63) is 29.8 Å². The molecule has 4 heteroatoms. The van der Waals surface area contributed by atoms with E-state index >= 15 is 0 Å². The number of nitrogens with zero attached hydrogens (tertiary/aromatic N) is 1. The van der Waals surface area contributed by atoms with Gasteiger partial charge in [0, 0.05) is 19.0 Å². The SMILES string of the molecule is Fc1ccc2nc(CCNC3CCCCCCC3)[nH]c2c1. The molecule has 0 saturated heterocycles. The molecule has 3 nitrogen and oxygen atoms in total. The molecule has 1 fully saturated rings. The lowest BCUT2D eigenvalue weighted by molar-refractivity contribution is 0.391. The predicted molar refractivity (Wildman–Crippen MR) is 83.9 cm³/mol. The van der Waals surface area contributed by atoms with Crippen molar-refractivity contribution in [3.63, 3.8) is 0 Å². The summed E-state index contributed by atoms with van der Waals surface area (Å²) in [5.41, 5.74) is 1.63. The van der Waals surface area contributed by atoms with Crippen molar-refractivity contribution in [1.29, 1.82) is 0 Å². The Morgan fingerprint density at radius 1 is 1.14 bits per heavy atom. The van der Waals surface area contributed by atoms with Crippen molar-refractivity contribution in [2.45, 2.75) is 57.4 Å². The molecule has 114 valence electrons. The second-order valence-electron chi connectivity index (χ2n) is 6.09. The maximum atomic E-state index is 13.2. The fraction of sp³-hybridized carbons (Fsp3) is 0.588. The number of nitrogens with one attached hydrogen (secondary N) is 2. The third kappa shape index (κ3) is 4.03. The summed E-state index contributed by atoms with van der Waals surface area (Å²) >= 11 is 0.